The van der Waals surface area contributed by atoms with Gasteiger partial charge in [0.2, 0.25) is 0 Å². The van der Waals surface area contributed by atoms with Gasteiger partial charge in [-0.25, -0.2) is 9.48 Å². The van der Waals surface area contributed by atoms with Gasteiger partial charge in [-0.3, -0.25) is 4.98 Å². The molecule has 0 spiro atoms. The number of aromatic amines is 1. The van der Waals surface area contributed by atoms with Crippen LogP contribution in [0.2, 0.25) is 0 Å². The summed E-state index contributed by atoms with van der Waals surface area (Å²) in [7, 11) is 0. The quantitative estimate of drug-likeness (QED) is 0.728. The average molecular weight is 197 g/mol. The number of H-pyrrole nitrogens is 1. The van der Waals surface area contributed by atoms with Crippen LogP contribution in [0.4, 0.5) is 0 Å². The van der Waals surface area contributed by atoms with Crippen LogP contribution in [0.3, 0.4) is 0 Å². The van der Waals surface area contributed by atoms with Gasteiger partial charge < -0.3 is 5.11 Å². The molecule has 1 fully saturated rings. The van der Waals surface area contributed by atoms with Crippen LogP contribution in [0.1, 0.15) is 44.0 Å². The number of hydrogen-bond acceptors (Lipinski definition) is 3. The number of aliphatic hydroxyl groups excluding tert-OH is 1. The zero-order valence-corrected chi connectivity index (χ0v) is 8.07. The molecule has 1 heterocycles. The molecule has 0 aromatic carbocycles. The number of hydrogen-bond donors (Lipinski definition) is 2. The Hall–Kier alpha value is -1.10. The van der Waals surface area contributed by atoms with E-state index in [1.165, 1.54) is 23.9 Å². The Morgan fingerprint density at radius 2 is 2.14 bits per heavy atom. The Morgan fingerprint density at radius 1 is 1.43 bits per heavy atom. The minimum atomic E-state index is -0.199. The molecule has 1 aliphatic carbocycles. The summed E-state index contributed by atoms with van der Waals surface area (Å²) in [5.74, 6) is 0.362. The predicted molar refractivity (Wildman–Crippen MR) is 50.9 cm³/mol. The number of nitrogens with one attached hydrogen (secondary N) is 1. The van der Waals surface area contributed by atoms with Crippen molar-refractivity contribution in [3.8, 4) is 0 Å². The van der Waals surface area contributed by atoms with Gasteiger partial charge in [0.1, 0.15) is 6.61 Å². The van der Waals surface area contributed by atoms with E-state index in [9.17, 15) is 4.79 Å². The van der Waals surface area contributed by atoms with Crippen LogP contribution >= 0.6 is 0 Å². The molecule has 2 rings (SSSR count). The van der Waals surface area contributed by atoms with Crippen molar-refractivity contribution >= 4 is 0 Å². The molecular weight excluding hydrogens is 182 g/mol. The van der Waals surface area contributed by atoms with Crippen molar-refractivity contribution in [2.24, 2.45) is 0 Å². The van der Waals surface area contributed by atoms with Crippen LogP contribution in [0, 0.1) is 0 Å². The summed E-state index contributed by atoms with van der Waals surface area (Å²) in [5.41, 5.74) is -0.194. The molecule has 0 amide bonds. The van der Waals surface area contributed by atoms with E-state index in [0.29, 0.717) is 5.82 Å². The van der Waals surface area contributed by atoms with Gasteiger partial charge in [-0.1, -0.05) is 19.3 Å². The maximum Gasteiger partial charge on any atom is 0.343 e. The van der Waals surface area contributed by atoms with Crippen molar-refractivity contribution in [2.45, 2.75) is 44.8 Å². The highest BCUT2D eigenvalue weighted by Crippen LogP contribution is 2.25. The lowest BCUT2D eigenvalue weighted by Gasteiger charge is -2.20. The first-order chi connectivity index (χ1) is 6.81. The molecule has 5 heteroatoms. The number of rotatable bonds is 2. The SMILES string of the molecule is O=c1[nH]c(CO)nn1C1CCCCC1. The van der Waals surface area contributed by atoms with Gasteiger partial charge >= 0.3 is 5.69 Å². The van der Waals surface area contributed by atoms with Gasteiger partial charge in [-0.2, -0.15) is 5.10 Å². The second-order valence-corrected chi connectivity index (χ2v) is 3.77. The lowest BCUT2D eigenvalue weighted by Crippen LogP contribution is -2.25. The highest BCUT2D eigenvalue weighted by molar-refractivity contribution is 4.82. The minimum Gasteiger partial charge on any atom is -0.388 e. The van der Waals surface area contributed by atoms with Crippen LogP contribution in [-0.2, 0) is 6.61 Å². The molecular formula is C9H15N3O2. The third-order valence-corrected chi connectivity index (χ3v) is 2.76. The molecule has 1 aromatic heterocycles. The summed E-state index contributed by atoms with van der Waals surface area (Å²) in [6.45, 7) is -0.199. The van der Waals surface area contributed by atoms with E-state index >= 15 is 0 Å². The smallest absolute Gasteiger partial charge is 0.343 e. The Morgan fingerprint density at radius 3 is 2.71 bits per heavy atom. The van der Waals surface area contributed by atoms with E-state index in [2.05, 4.69) is 10.1 Å². The molecule has 1 saturated carbocycles. The first-order valence-corrected chi connectivity index (χ1v) is 5.10. The summed E-state index contributed by atoms with van der Waals surface area (Å²) in [4.78, 5) is 14.0. The van der Waals surface area contributed by atoms with Crippen LogP contribution in [0.15, 0.2) is 4.79 Å². The number of nitrogens with zero attached hydrogens (tertiary/aromatic N) is 2. The molecule has 1 aliphatic rings. The van der Waals surface area contributed by atoms with Crippen molar-refractivity contribution < 1.29 is 5.11 Å². The molecule has 2 N–H and O–H groups in total. The van der Waals surface area contributed by atoms with E-state index < -0.39 is 0 Å². The standard InChI is InChI=1S/C9H15N3O2/c13-6-8-10-9(14)12(11-8)7-4-2-1-3-5-7/h7,13H,1-6H2,(H,10,11,14). The fourth-order valence-electron chi connectivity index (χ4n) is 2.03. The normalized spacial score (nSPS) is 18.6. The van der Waals surface area contributed by atoms with Crippen molar-refractivity contribution in [1.29, 1.82) is 0 Å². The van der Waals surface area contributed by atoms with Gasteiger partial charge in [-0.05, 0) is 12.8 Å². The fraction of sp³-hybridized carbons (Fsp3) is 0.778. The summed E-state index contributed by atoms with van der Waals surface area (Å²) in [6.07, 6.45) is 5.63. The molecule has 0 saturated heterocycles. The Bertz CT molecular complexity index is 349. The Labute approximate surface area is 81.8 Å². The molecule has 0 radical (unpaired) electrons. The summed E-state index contributed by atoms with van der Waals surface area (Å²) in [5, 5.41) is 12.9. The predicted octanol–water partition coefficient (Wildman–Crippen LogP) is 0.569. The lowest BCUT2D eigenvalue weighted by molar-refractivity contribution is 0.266. The average Bonchev–Trinajstić information content (AvgIpc) is 2.61. The maximum absolute atomic E-state index is 11.4. The Balaban J connectivity index is 2.21. The largest absolute Gasteiger partial charge is 0.388 e. The second kappa shape index (κ2) is 3.96. The third kappa shape index (κ3) is 1.72. The van der Waals surface area contributed by atoms with Crippen LogP contribution in [0.5, 0.6) is 0 Å². The monoisotopic (exact) mass is 197 g/mol. The van der Waals surface area contributed by atoms with E-state index in [-0.39, 0.29) is 18.3 Å². The van der Waals surface area contributed by atoms with Crippen LogP contribution < -0.4 is 5.69 Å². The topological polar surface area (TPSA) is 70.9 Å². The molecule has 14 heavy (non-hydrogen) atoms. The molecule has 1 aromatic rings. The van der Waals surface area contributed by atoms with E-state index in [1.54, 1.807) is 0 Å². The molecule has 0 atom stereocenters. The van der Waals surface area contributed by atoms with Gasteiger partial charge in [0.25, 0.3) is 0 Å². The number of aliphatic hydroxyl groups is 1. The molecule has 0 aliphatic heterocycles. The van der Waals surface area contributed by atoms with Gasteiger partial charge in [-0.15, -0.1) is 0 Å². The highest BCUT2D eigenvalue weighted by atomic mass is 16.3. The zero-order valence-electron chi connectivity index (χ0n) is 8.07. The maximum atomic E-state index is 11.4. The second-order valence-electron chi connectivity index (χ2n) is 3.77. The molecule has 78 valence electrons. The van der Waals surface area contributed by atoms with Gasteiger partial charge in [0, 0.05) is 0 Å². The first kappa shape index (κ1) is 9.45. The minimum absolute atomic E-state index is 0.194. The lowest BCUT2D eigenvalue weighted by atomic mass is 9.96. The van der Waals surface area contributed by atoms with Crippen molar-refractivity contribution in [3.63, 3.8) is 0 Å². The van der Waals surface area contributed by atoms with Crippen LogP contribution in [-0.4, -0.2) is 19.9 Å². The zero-order chi connectivity index (χ0) is 9.97. The number of aromatic nitrogens is 3. The molecule has 0 unspecified atom stereocenters. The third-order valence-electron chi connectivity index (χ3n) is 2.76. The van der Waals surface area contributed by atoms with E-state index in [4.69, 9.17) is 5.11 Å². The summed E-state index contributed by atoms with van der Waals surface area (Å²) in [6, 6.07) is 0.229. The van der Waals surface area contributed by atoms with Crippen molar-refractivity contribution in [3.05, 3.63) is 16.3 Å². The summed E-state index contributed by atoms with van der Waals surface area (Å²) < 4.78 is 1.49. The van der Waals surface area contributed by atoms with Gasteiger partial charge in [0.05, 0.1) is 6.04 Å². The summed E-state index contributed by atoms with van der Waals surface area (Å²) >= 11 is 0. The van der Waals surface area contributed by atoms with E-state index in [1.807, 2.05) is 0 Å². The molecule has 0 bridgehead atoms. The Kier molecular flexibility index (Phi) is 2.67. The van der Waals surface area contributed by atoms with Crippen molar-refractivity contribution in [1.82, 2.24) is 14.8 Å². The van der Waals surface area contributed by atoms with E-state index in [0.717, 1.165) is 12.8 Å². The van der Waals surface area contributed by atoms with Crippen molar-refractivity contribution in [2.75, 3.05) is 0 Å². The molecule has 5 nitrogen and oxygen atoms in total. The first-order valence-electron chi connectivity index (χ1n) is 5.10. The van der Waals surface area contributed by atoms with Gasteiger partial charge in [0.15, 0.2) is 5.82 Å². The highest BCUT2D eigenvalue weighted by Gasteiger charge is 2.18. The fourth-order valence-corrected chi connectivity index (χ4v) is 2.03. The van der Waals surface area contributed by atoms with Crippen LogP contribution in [0.25, 0.3) is 0 Å².